The van der Waals surface area contributed by atoms with Crippen molar-refractivity contribution in [3.63, 3.8) is 0 Å². The van der Waals surface area contributed by atoms with Crippen LogP contribution in [-0.4, -0.2) is 37.1 Å². The lowest BCUT2D eigenvalue weighted by atomic mass is 9.95. The number of anilines is 1. The van der Waals surface area contributed by atoms with Gasteiger partial charge in [0.25, 0.3) is 0 Å². The Morgan fingerprint density at radius 3 is 2.53 bits per heavy atom. The second-order valence-corrected chi connectivity index (χ2v) is 6.78. The van der Waals surface area contributed by atoms with E-state index in [9.17, 15) is 19.7 Å². The summed E-state index contributed by atoms with van der Waals surface area (Å²) in [6, 6.07) is 13.6. The standard InChI is InChI=1S/C22H26N2O6/c1-3-4-12-30-20-14-18(10-11-19(20)22(26)29-2)23-21(25)13-17(15-24(27)28)16-8-6-5-7-9-16/h5-11,14,17H,3-4,12-13,15H2,1-2H3,(H,23,25). The maximum Gasteiger partial charge on any atom is 0.341 e. The lowest BCUT2D eigenvalue weighted by Crippen LogP contribution is -2.21. The summed E-state index contributed by atoms with van der Waals surface area (Å²) in [5.74, 6) is -1.13. The number of rotatable bonds is 11. The topological polar surface area (TPSA) is 108 Å². The van der Waals surface area contributed by atoms with Crippen LogP contribution in [0.25, 0.3) is 0 Å². The van der Waals surface area contributed by atoms with Crippen LogP contribution in [0.3, 0.4) is 0 Å². The quantitative estimate of drug-likeness (QED) is 0.257. The van der Waals surface area contributed by atoms with Gasteiger partial charge in [0.15, 0.2) is 0 Å². The Kier molecular flexibility index (Phi) is 8.80. The molecule has 160 valence electrons. The summed E-state index contributed by atoms with van der Waals surface area (Å²) >= 11 is 0. The van der Waals surface area contributed by atoms with E-state index < -0.39 is 16.8 Å². The Labute approximate surface area is 175 Å². The van der Waals surface area contributed by atoms with Gasteiger partial charge in [-0.3, -0.25) is 14.9 Å². The Balaban J connectivity index is 2.14. The van der Waals surface area contributed by atoms with Crippen molar-refractivity contribution < 1.29 is 24.0 Å². The molecule has 2 rings (SSSR count). The monoisotopic (exact) mass is 414 g/mol. The molecule has 0 fully saturated rings. The van der Waals surface area contributed by atoms with Crippen molar-refractivity contribution in [1.82, 2.24) is 0 Å². The molecule has 0 aliphatic carbocycles. The first-order chi connectivity index (χ1) is 14.4. The second-order valence-electron chi connectivity index (χ2n) is 6.78. The number of nitrogens with zero attached hydrogens (tertiary/aromatic N) is 1. The van der Waals surface area contributed by atoms with Crippen LogP contribution in [0.4, 0.5) is 5.69 Å². The molecule has 0 aromatic heterocycles. The van der Waals surface area contributed by atoms with Crippen LogP contribution in [0.2, 0.25) is 0 Å². The van der Waals surface area contributed by atoms with Crippen LogP contribution in [0.5, 0.6) is 5.75 Å². The number of hydrogen-bond donors (Lipinski definition) is 1. The number of nitro groups is 1. The molecule has 0 bridgehead atoms. The fraction of sp³-hybridized carbons (Fsp3) is 0.364. The molecule has 0 spiro atoms. The molecule has 0 saturated heterocycles. The fourth-order valence-corrected chi connectivity index (χ4v) is 2.95. The van der Waals surface area contributed by atoms with Crippen molar-refractivity contribution in [2.75, 3.05) is 25.6 Å². The normalized spacial score (nSPS) is 11.4. The number of nitrogens with one attached hydrogen (secondary N) is 1. The van der Waals surface area contributed by atoms with Crippen LogP contribution in [0, 0.1) is 10.1 Å². The van der Waals surface area contributed by atoms with Crippen molar-refractivity contribution in [2.45, 2.75) is 32.1 Å². The number of unbranched alkanes of at least 4 members (excludes halogenated alkanes) is 1. The third-order valence-corrected chi connectivity index (χ3v) is 4.50. The number of ether oxygens (including phenoxy) is 2. The second kappa shape index (κ2) is 11.5. The average Bonchev–Trinajstić information content (AvgIpc) is 2.73. The Bertz CT molecular complexity index is 869. The summed E-state index contributed by atoms with van der Waals surface area (Å²) in [5, 5.41) is 13.8. The van der Waals surface area contributed by atoms with E-state index >= 15 is 0 Å². The predicted molar refractivity (Wildman–Crippen MR) is 112 cm³/mol. The maximum absolute atomic E-state index is 12.6. The van der Waals surface area contributed by atoms with E-state index in [0.717, 1.165) is 18.4 Å². The first-order valence-electron chi connectivity index (χ1n) is 9.76. The SMILES string of the molecule is CCCCOc1cc(NC(=O)CC(C[N+](=O)[O-])c2ccccc2)ccc1C(=O)OC. The highest BCUT2D eigenvalue weighted by Crippen LogP contribution is 2.26. The molecule has 8 nitrogen and oxygen atoms in total. The van der Waals surface area contributed by atoms with Crippen molar-refractivity contribution in [1.29, 1.82) is 0 Å². The van der Waals surface area contributed by atoms with Gasteiger partial charge in [-0.1, -0.05) is 43.7 Å². The Hall–Kier alpha value is -3.42. The molecule has 0 heterocycles. The lowest BCUT2D eigenvalue weighted by molar-refractivity contribution is -0.483. The van der Waals surface area contributed by atoms with E-state index in [0.29, 0.717) is 18.0 Å². The smallest absolute Gasteiger partial charge is 0.341 e. The van der Waals surface area contributed by atoms with E-state index in [1.165, 1.54) is 13.2 Å². The zero-order valence-corrected chi connectivity index (χ0v) is 17.1. The molecule has 0 saturated carbocycles. The molecule has 0 aliphatic heterocycles. The molecule has 1 atom stereocenters. The molecule has 8 heteroatoms. The number of esters is 1. The van der Waals surface area contributed by atoms with Gasteiger partial charge in [0.05, 0.1) is 19.6 Å². The van der Waals surface area contributed by atoms with Gasteiger partial charge in [0, 0.05) is 23.1 Å². The Morgan fingerprint density at radius 1 is 1.17 bits per heavy atom. The highest BCUT2D eigenvalue weighted by atomic mass is 16.6. The zero-order valence-electron chi connectivity index (χ0n) is 17.1. The van der Waals surface area contributed by atoms with Crippen molar-refractivity contribution in [3.8, 4) is 5.75 Å². The van der Waals surface area contributed by atoms with Crippen LogP contribution < -0.4 is 10.1 Å². The van der Waals surface area contributed by atoms with Crippen molar-refractivity contribution >= 4 is 17.6 Å². The molecule has 2 aromatic carbocycles. The number of carbonyl (C=O) groups excluding carboxylic acids is 2. The summed E-state index contributed by atoms with van der Waals surface area (Å²) in [6.07, 6.45) is 1.70. The van der Waals surface area contributed by atoms with Gasteiger partial charge in [0.1, 0.15) is 11.3 Å². The highest BCUT2D eigenvalue weighted by Gasteiger charge is 2.22. The summed E-state index contributed by atoms with van der Waals surface area (Å²) in [6.45, 7) is 2.11. The largest absolute Gasteiger partial charge is 0.493 e. The summed E-state index contributed by atoms with van der Waals surface area (Å²) in [4.78, 5) is 35.1. The average molecular weight is 414 g/mol. The van der Waals surface area contributed by atoms with Crippen molar-refractivity contribution in [3.05, 3.63) is 69.8 Å². The fourth-order valence-electron chi connectivity index (χ4n) is 2.95. The number of hydrogen-bond acceptors (Lipinski definition) is 6. The number of methoxy groups -OCH3 is 1. The molecule has 1 unspecified atom stereocenters. The van der Waals surface area contributed by atoms with Gasteiger partial charge in [-0.25, -0.2) is 4.79 Å². The number of carbonyl (C=O) groups is 2. The van der Waals surface area contributed by atoms with Gasteiger partial charge < -0.3 is 14.8 Å². The van der Waals surface area contributed by atoms with Crippen LogP contribution in [0.15, 0.2) is 48.5 Å². The predicted octanol–water partition coefficient (Wildman–Crippen LogP) is 4.04. The molecule has 2 aromatic rings. The van der Waals surface area contributed by atoms with Crippen LogP contribution in [-0.2, 0) is 9.53 Å². The van der Waals surface area contributed by atoms with E-state index in [4.69, 9.17) is 9.47 Å². The third-order valence-electron chi connectivity index (χ3n) is 4.50. The minimum Gasteiger partial charge on any atom is -0.493 e. The number of amides is 1. The van der Waals surface area contributed by atoms with Gasteiger partial charge in [-0.05, 0) is 24.1 Å². The van der Waals surface area contributed by atoms with Crippen LogP contribution in [0.1, 0.15) is 48.0 Å². The molecule has 0 radical (unpaired) electrons. The third kappa shape index (κ3) is 6.88. The first kappa shape index (κ1) is 22.9. The van der Waals surface area contributed by atoms with Crippen LogP contribution >= 0.6 is 0 Å². The number of benzene rings is 2. The molecule has 1 N–H and O–H groups in total. The highest BCUT2D eigenvalue weighted by molar-refractivity contribution is 5.95. The van der Waals surface area contributed by atoms with Crippen molar-refractivity contribution in [2.24, 2.45) is 0 Å². The summed E-state index contributed by atoms with van der Waals surface area (Å²) in [5.41, 5.74) is 1.43. The molecule has 1 amide bonds. The van der Waals surface area contributed by atoms with E-state index in [2.05, 4.69) is 5.32 Å². The lowest BCUT2D eigenvalue weighted by Gasteiger charge is -2.15. The summed E-state index contributed by atoms with van der Waals surface area (Å²) < 4.78 is 10.5. The minimum absolute atomic E-state index is 0.0459. The Morgan fingerprint density at radius 2 is 1.90 bits per heavy atom. The first-order valence-corrected chi connectivity index (χ1v) is 9.76. The zero-order chi connectivity index (χ0) is 21.9. The minimum atomic E-state index is -0.546. The molecular weight excluding hydrogens is 388 g/mol. The van der Waals surface area contributed by atoms with Gasteiger partial charge in [-0.15, -0.1) is 0 Å². The van der Waals surface area contributed by atoms with E-state index in [1.54, 1.807) is 36.4 Å². The van der Waals surface area contributed by atoms with Gasteiger partial charge in [0.2, 0.25) is 12.5 Å². The molecule has 30 heavy (non-hydrogen) atoms. The van der Waals surface area contributed by atoms with Gasteiger partial charge >= 0.3 is 5.97 Å². The molecular formula is C22H26N2O6. The molecule has 0 aliphatic rings. The van der Waals surface area contributed by atoms with E-state index in [-0.39, 0.29) is 24.4 Å². The maximum atomic E-state index is 12.6. The van der Waals surface area contributed by atoms with E-state index in [1.807, 2.05) is 13.0 Å². The van der Waals surface area contributed by atoms with Gasteiger partial charge in [-0.2, -0.15) is 0 Å². The summed E-state index contributed by atoms with van der Waals surface area (Å²) in [7, 11) is 1.28.